The molecule has 0 aromatic heterocycles. The predicted octanol–water partition coefficient (Wildman–Crippen LogP) is 2.72. The number of nitrogens with one attached hydrogen (secondary N) is 1. The lowest BCUT2D eigenvalue weighted by Gasteiger charge is -2.30. The van der Waals surface area contributed by atoms with E-state index in [0.29, 0.717) is 0 Å². The van der Waals surface area contributed by atoms with E-state index in [1.165, 1.54) is 12.1 Å². The number of rotatable bonds is 5. The lowest BCUT2D eigenvalue weighted by Crippen LogP contribution is -2.44. The van der Waals surface area contributed by atoms with Gasteiger partial charge in [-0.1, -0.05) is 12.8 Å². The molecule has 3 nitrogen and oxygen atoms in total. The van der Waals surface area contributed by atoms with Crippen LogP contribution < -0.4 is 5.32 Å². The standard InChI is InChI=1S/C15H19F2NO2S/c16-11-5-6-14(12(17)7-11)21-9-15(20)18-13-4-2-1-3-10(13)8-19/h5-7,10,13,19H,1-4,8-9H2,(H,18,20). The lowest BCUT2D eigenvalue weighted by atomic mass is 9.85. The Labute approximate surface area is 127 Å². The Morgan fingerprint density at radius 2 is 2.10 bits per heavy atom. The molecule has 2 atom stereocenters. The summed E-state index contributed by atoms with van der Waals surface area (Å²) in [6, 6.07) is 3.31. The van der Waals surface area contributed by atoms with E-state index >= 15 is 0 Å². The van der Waals surface area contributed by atoms with Crippen LogP contribution in [0.25, 0.3) is 0 Å². The third-order valence-electron chi connectivity index (χ3n) is 3.74. The number of benzene rings is 1. The van der Waals surface area contributed by atoms with Gasteiger partial charge in [-0.25, -0.2) is 8.78 Å². The molecule has 2 unspecified atom stereocenters. The molecule has 1 saturated carbocycles. The number of amides is 1. The molecule has 1 aromatic rings. The number of thioether (sulfide) groups is 1. The summed E-state index contributed by atoms with van der Waals surface area (Å²) < 4.78 is 26.2. The van der Waals surface area contributed by atoms with E-state index in [1.807, 2.05) is 0 Å². The van der Waals surface area contributed by atoms with Crippen LogP contribution in [-0.2, 0) is 4.79 Å². The van der Waals surface area contributed by atoms with E-state index in [-0.39, 0.29) is 35.1 Å². The molecule has 1 aromatic carbocycles. The predicted molar refractivity (Wildman–Crippen MR) is 78.1 cm³/mol. The van der Waals surface area contributed by atoms with Gasteiger partial charge in [-0.05, 0) is 25.0 Å². The van der Waals surface area contributed by atoms with E-state index in [0.717, 1.165) is 43.5 Å². The molecule has 1 aliphatic carbocycles. The Kier molecular flexibility index (Phi) is 5.99. The number of carbonyl (C=O) groups is 1. The smallest absolute Gasteiger partial charge is 0.230 e. The average molecular weight is 315 g/mol. The Morgan fingerprint density at radius 3 is 2.81 bits per heavy atom. The second-order valence-electron chi connectivity index (χ2n) is 5.26. The average Bonchev–Trinajstić information content (AvgIpc) is 2.47. The fourth-order valence-electron chi connectivity index (χ4n) is 2.60. The maximum atomic E-state index is 13.5. The van der Waals surface area contributed by atoms with Crippen molar-refractivity contribution in [3.63, 3.8) is 0 Å². The van der Waals surface area contributed by atoms with Gasteiger partial charge in [-0.2, -0.15) is 0 Å². The number of carbonyl (C=O) groups excluding carboxylic acids is 1. The summed E-state index contributed by atoms with van der Waals surface area (Å²) in [7, 11) is 0. The van der Waals surface area contributed by atoms with Crippen LogP contribution in [-0.4, -0.2) is 29.4 Å². The highest BCUT2D eigenvalue weighted by atomic mass is 32.2. The van der Waals surface area contributed by atoms with Gasteiger partial charge in [0.05, 0.1) is 5.75 Å². The summed E-state index contributed by atoms with van der Waals surface area (Å²) in [5, 5.41) is 12.2. The molecule has 0 aliphatic heterocycles. The summed E-state index contributed by atoms with van der Waals surface area (Å²) >= 11 is 1.05. The first kappa shape index (κ1) is 16.2. The van der Waals surface area contributed by atoms with Crippen molar-refractivity contribution >= 4 is 17.7 Å². The molecule has 2 N–H and O–H groups in total. The minimum Gasteiger partial charge on any atom is -0.396 e. The molecule has 6 heteroatoms. The largest absolute Gasteiger partial charge is 0.396 e. The molecule has 116 valence electrons. The van der Waals surface area contributed by atoms with Crippen LogP contribution in [0.2, 0.25) is 0 Å². The van der Waals surface area contributed by atoms with Gasteiger partial charge < -0.3 is 10.4 Å². The maximum Gasteiger partial charge on any atom is 0.230 e. The van der Waals surface area contributed by atoms with Crippen molar-refractivity contribution in [1.82, 2.24) is 5.32 Å². The van der Waals surface area contributed by atoms with Crippen LogP contribution in [0.5, 0.6) is 0 Å². The summed E-state index contributed by atoms with van der Waals surface area (Å²) in [4.78, 5) is 12.2. The minimum atomic E-state index is -0.654. The van der Waals surface area contributed by atoms with Crippen LogP contribution in [0.4, 0.5) is 8.78 Å². The molecule has 1 aliphatic rings. The van der Waals surface area contributed by atoms with Crippen molar-refractivity contribution in [3.8, 4) is 0 Å². The number of halogens is 2. The van der Waals surface area contributed by atoms with E-state index in [4.69, 9.17) is 0 Å². The number of aliphatic hydroxyl groups excluding tert-OH is 1. The molecular weight excluding hydrogens is 296 g/mol. The fourth-order valence-corrected chi connectivity index (χ4v) is 3.33. The Morgan fingerprint density at radius 1 is 1.33 bits per heavy atom. The van der Waals surface area contributed by atoms with Crippen LogP contribution in [0.1, 0.15) is 25.7 Å². The lowest BCUT2D eigenvalue weighted by molar-refractivity contribution is -0.120. The summed E-state index contributed by atoms with van der Waals surface area (Å²) in [6.07, 6.45) is 3.90. The van der Waals surface area contributed by atoms with Gasteiger partial charge in [0.2, 0.25) is 5.91 Å². The Balaban J connectivity index is 1.84. The normalized spacial score (nSPS) is 22.0. The molecule has 0 radical (unpaired) electrons. The zero-order valence-corrected chi connectivity index (χ0v) is 12.5. The molecule has 1 amide bonds. The SMILES string of the molecule is O=C(CSc1ccc(F)cc1F)NC1CCCCC1CO. The van der Waals surface area contributed by atoms with E-state index in [2.05, 4.69) is 5.32 Å². The van der Waals surface area contributed by atoms with Crippen molar-refractivity contribution in [3.05, 3.63) is 29.8 Å². The Bertz CT molecular complexity index is 499. The zero-order chi connectivity index (χ0) is 15.2. The third-order valence-corrected chi connectivity index (χ3v) is 4.79. The van der Waals surface area contributed by atoms with Crippen molar-refractivity contribution in [2.24, 2.45) is 5.92 Å². The molecule has 1 fully saturated rings. The highest BCUT2D eigenvalue weighted by Gasteiger charge is 2.25. The molecule has 0 bridgehead atoms. The van der Waals surface area contributed by atoms with Gasteiger partial charge in [-0.3, -0.25) is 4.79 Å². The monoisotopic (exact) mass is 315 g/mol. The van der Waals surface area contributed by atoms with E-state index in [1.54, 1.807) is 0 Å². The van der Waals surface area contributed by atoms with Crippen molar-refractivity contribution < 1.29 is 18.7 Å². The van der Waals surface area contributed by atoms with Crippen molar-refractivity contribution in [1.29, 1.82) is 0 Å². The first-order valence-corrected chi connectivity index (χ1v) is 8.07. The zero-order valence-electron chi connectivity index (χ0n) is 11.6. The van der Waals surface area contributed by atoms with Gasteiger partial charge in [0.1, 0.15) is 11.6 Å². The first-order valence-electron chi connectivity index (χ1n) is 7.08. The fraction of sp³-hybridized carbons (Fsp3) is 0.533. The minimum absolute atomic E-state index is 0.00471. The summed E-state index contributed by atoms with van der Waals surface area (Å²) in [5.41, 5.74) is 0. The maximum absolute atomic E-state index is 13.5. The topological polar surface area (TPSA) is 49.3 Å². The Hall–Kier alpha value is -1.14. The summed E-state index contributed by atoms with van der Waals surface area (Å²) in [6.45, 7) is 0.0741. The third kappa shape index (κ3) is 4.68. The summed E-state index contributed by atoms with van der Waals surface area (Å²) in [5.74, 6) is -1.28. The van der Waals surface area contributed by atoms with Crippen molar-refractivity contribution in [2.45, 2.75) is 36.6 Å². The second kappa shape index (κ2) is 7.75. The van der Waals surface area contributed by atoms with Gasteiger partial charge in [0, 0.05) is 29.5 Å². The van der Waals surface area contributed by atoms with Gasteiger partial charge in [0.25, 0.3) is 0 Å². The molecular formula is C15H19F2NO2S. The molecule has 0 spiro atoms. The highest BCUT2D eigenvalue weighted by Crippen LogP contribution is 2.25. The quantitative estimate of drug-likeness (QED) is 0.822. The van der Waals surface area contributed by atoms with Crippen LogP contribution in [0.15, 0.2) is 23.1 Å². The van der Waals surface area contributed by atoms with Crippen LogP contribution in [0.3, 0.4) is 0 Å². The van der Waals surface area contributed by atoms with Gasteiger partial charge >= 0.3 is 0 Å². The highest BCUT2D eigenvalue weighted by molar-refractivity contribution is 8.00. The van der Waals surface area contributed by atoms with Crippen LogP contribution >= 0.6 is 11.8 Å². The number of aliphatic hydroxyl groups is 1. The second-order valence-corrected chi connectivity index (χ2v) is 6.28. The van der Waals surface area contributed by atoms with Gasteiger partial charge in [0.15, 0.2) is 0 Å². The number of hydrogen-bond acceptors (Lipinski definition) is 3. The first-order chi connectivity index (χ1) is 10.1. The molecule has 21 heavy (non-hydrogen) atoms. The van der Waals surface area contributed by atoms with Gasteiger partial charge in [-0.15, -0.1) is 11.8 Å². The molecule has 0 saturated heterocycles. The van der Waals surface area contributed by atoms with Crippen molar-refractivity contribution in [2.75, 3.05) is 12.4 Å². The number of hydrogen-bond donors (Lipinski definition) is 2. The molecule has 2 rings (SSSR count). The van der Waals surface area contributed by atoms with Crippen LogP contribution in [0, 0.1) is 17.6 Å². The van der Waals surface area contributed by atoms with E-state index < -0.39 is 11.6 Å². The molecule has 0 heterocycles. The van der Waals surface area contributed by atoms with E-state index in [9.17, 15) is 18.7 Å².